The number of fused-ring (bicyclic) bond motifs is 3. The first-order chi connectivity index (χ1) is 18.9. The maximum atomic E-state index is 14.3. The molecule has 2 amide bonds. The molecule has 3 aliphatic rings. The Labute approximate surface area is 234 Å². The summed E-state index contributed by atoms with van der Waals surface area (Å²) in [7, 11) is 0. The average Bonchev–Trinajstić information content (AvgIpc) is 3.16. The quantitative estimate of drug-likeness (QED) is 0.433. The molecule has 1 heterocycles. The third kappa shape index (κ3) is 6.05. The monoisotopic (exact) mass is 524 g/mol. The number of nitrogens with one attached hydrogen (secondary N) is 1. The number of hydrogen-bond donors (Lipinski definition) is 1. The van der Waals surface area contributed by atoms with Gasteiger partial charge in [-0.15, -0.1) is 0 Å². The van der Waals surface area contributed by atoms with Crippen molar-refractivity contribution in [2.45, 2.75) is 96.7 Å². The number of amides is 2. The van der Waals surface area contributed by atoms with Gasteiger partial charge in [-0.3, -0.25) is 9.59 Å². The van der Waals surface area contributed by atoms with Gasteiger partial charge in [-0.2, -0.15) is 0 Å². The van der Waals surface area contributed by atoms with Crippen LogP contribution < -0.4 is 5.32 Å². The minimum Gasteiger partial charge on any atom is -0.351 e. The lowest BCUT2D eigenvalue weighted by Gasteiger charge is -2.42. The fourth-order valence-corrected chi connectivity index (χ4v) is 6.61. The van der Waals surface area contributed by atoms with Gasteiger partial charge < -0.3 is 10.2 Å². The van der Waals surface area contributed by atoms with Crippen molar-refractivity contribution < 1.29 is 9.59 Å². The van der Waals surface area contributed by atoms with E-state index in [9.17, 15) is 9.59 Å². The topological polar surface area (TPSA) is 49.4 Å². The first-order valence-corrected chi connectivity index (χ1v) is 15.0. The maximum Gasteiger partial charge on any atom is 0.250 e. The summed E-state index contributed by atoms with van der Waals surface area (Å²) in [5.41, 5.74) is 4.72. The van der Waals surface area contributed by atoms with Crippen LogP contribution >= 0.6 is 0 Å². The summed E-state index contributed by atoms with van der Waals surface area (Å²) >= 11 is 0. The minimum atomic E-state index is -0.926. The lowest BCUT2D eigenvalue weighted by atomic mass is 9.81. The van der Waals surface area contributed by atoms with Crippen molar-refractivity contribution in [2.24, 2.45) is 11.8 Å². The summed E-state index contributed by atoms with van der Waals surface area (Å²) in [6.45, 7) is 6.90. The van der Waals surface area contributed by atoms with Gasteiger partial charge in [0.05, 0.1) is 0 Å². The van der Waals surface area contributed by atoms with Gasteiger partial charge in [0.25, 0.3) is 5.91 Å². The van der Waals surface area contributed by atoms with E-state index in [1.165, 1.54) is 16.7 Å². The zero-order valence-electron chi connectivity index (χ0n) is 23.9. The van der Waals surface area contributed by atoms with E-state index in [1.54, 1.807) is 0 Å². The number of rotatable bonds is 6. The Kier molecular flexibility index (Phi) is 8.40. The summed E-state index contributed by atoms with van der Waals surface area (Å²) in [6.07, 6.45) is 12.7. The Morgan fingerprint density at radius 3 is 2.31 bits per heavy atom. The fourth-order valence-electron chi connectivity index (χ4n) is 6.61. The SMILES string of the molecule is CCc1ccc(CN2C(=O)C3=CC=C(c4ccccc4)C(CC3)CCC2(C)C(=O)NC2CCC(C)CC2)cc1. The van der Waals surface area contributed by atoms with Gasteiger partial charge in [0.15, 0.2) is 0 Å². The number of carbonyl (C=O) groups is 2. The number of aryl methyl sites for hydroxylation is 1. The van der Waals surface area contributed by atoms with Gasteiger partial charge in [-0.05, 0) is 98.8 Å². The highest BCUT2D eigenvalue weighted by Crippen LogP contribution is 2.40. The Bertz CT molecular complexity index is 1220. The predicted molar refractivity (Wildman–Crippen MR) is 159 cm³/mol. The maximum absolute atomic E-state index is 14.3. The van der Waals surface area contributed by atoms with Crippen molar-refractivity contribution >= 4 is 17.4 Å². The Balaban J connectivity index is 1.51. The summed E-state index contributed by atoms with van der Waals surface area (Å²) in [6, 6.07) is 19.2. The molecule has 5 rings (SSSR count). The van der Waals surface area contributed by atoms with Crippen LogP contribution in [0.2, 0.25) is 0 Å². The van der Waals surface area contributed by atoms with E-state index in [0.29, 0.717) is 18.9 Å². The molecule has 4 nitrogen and oxygen atoms in total. The van der Waals surface area contributed by atoms with E-state index in [-0.39, 0.29) is 17.9 Å². The number of nitrogens with zero attached hydrogens (tertiary/aromatic N) is 1. The minimum absolute atomic E-state index is 0.00399. The lowest BCUT2D eigenvalue weighted by molar-refractivity contribution is -0.146. The van der Waals surface area contributed by atoms with Crippen molar-refractivity contribution in [3.63, 3.8) is 0 Å². The molecule has 1 saturated heterocycles. The highest BCUT2D eigenvalue weighted by molar-refractivity contribution is 5.99. The van der Waals surface area contributed by atoms with Crippen LogP contribution in [-0.2, 0) is 22.6 Å². The molecule has 1 aliphatic heterocycles. The smallest absolute Gasteiger partial charge is 0.250 e. The predicted octanol–water partition coefficient (Wildman–Crippen LogP) is 7.25. The second-order valence-electron chi connectivity index (χ2n) is 12.2. The molecule has 2 unspecified atom stereocenters. The van der Waals surface area contributed by atoms with Crippen molar-refractivity contribution in [3.05, 3.63) is 89.0 Å². The molecule has 2 aromatic rings. The van der Waals surface area contributed by atoms with Crippen LogP contribution in [0.5, 0.6) is 0 Å². The largest absolute Gasteiger partial charge is 0.351 e. The summed E-state index contributed by atoms with van der Waals surface area (Å²) < 4.78 is 0. The second kappa shape index (κ2) is 11.9. The Hall–Kier alpha value is -3.14. The highest BCUT2D eigenvalue weighted by atomic mass is 16.2. The van der Waals surface area contributed by atoms with Crippen molar-refractivity contribution in [3.8, 4) is 0 Å². The van der Waals surface area contributed by atoms with Crippen molar-refractivity contribution in [1.29, 1.82) is 0 Å². The highest BCUT2D eigenvalue weighted by Gasteiger charge is 2.45. The van der Waals surface area contributed by atoms with Crippen LogP contribution in [0.15, 0.2) is 72.3 Å². The average molecular weight is 525 g/mol. The summed E-state index contributed by atoms with van der Waals surface area (Å²) in [4.78, 5) is 30.5. The summed E-state index contributed by atoms with van der Waals surface area (Å²) in [5.74, 6) is 1.03. The van der Waals surface area contributed by atoms with Gasteiger partial charge in [0, 0.05) is 18.2 Å². The zero-order chi connectivity index (χ0) is 27.4. The standard InChI is InChI=1S/C35H44N2O2/c1-4-26-12-14-27(15-13-26)24-37-33(38)30-17-16-29(32(21-18-30)28-8-6-5-7-9-28)22-23-35(37,3)34(39)36-31-19-10-25(2)11-20-31/h5-9,12-15,18,21,25,29,31H,4,10-11,16-17,19-20,22-24H2,1-3H3,(H,36,39). The third-order valence-corrected chi connectivity index (χ3v) is 9.48. The first kappa shape index (κ1) is 27.4. The van der Waals surface area contributed by atoms with Gasteiger partial charge in [-0.25, -0.2) is 0 Å². The van der Waals surface area contributed by atoms with E-state index in [2.05, 4.69) is 73.8 Å². The number of hydrogen-bond acceptors (Lipinski definition) is 2. The van der Waals surface area contributed by atoms with Crippen LogP contribution in [0.3, 0.4) is 0 Å². The van der Waals surface area contributed by atoms with E-state index < -0.39 is 5.54 Å². The number of carbonyl (C=O) groups excluding carboxylic acids is 2. The molecule has 0 aromatic heterocycles. The molecule has 2 aliphatic carbocycles. The van der Waals surface area contributed by atoms with Crippen LogP contribution in [0.1, 0.15) is 88.8 Å². The molecule has 0 radical (unpaired) electrons. The van der Waals surface area contributed by atoms with E-state index in [1.807, 2.05) is 24.0 Å². The van der Waals surface area contributed by atoms with Gasteiger partial charge in [0.1, 0.15) is 5.54 Å². The normalized spacial score (nSPS) is 27.5. The molecular weight excluding hydrogens is 480 g/mol. The molecule has 206 valence electrons. The van der Waals surface area contributed by atoms with Crippen LogP contribution in [0.4, 0.5) is 0 Å². The third-order valence-electron chi connectivity index (χ3n) is 9.48. The van der Waals surface area contributed by atoms with Crippen LogP contribution in [0, 0.1) is 11.8 Å². The molecule has 1 N–H and O–H groups in total. The van der Waals surface area contributed by atoms with Crippen LogP contribution in [0.25, 0.3) is 5.57 Å². The lowest BCUT2D eigenvalue weighted by Crippen LogP contribution is -2.60. The first-order valence-electron chi connectivity index (χ1n) is 15.0. The summed E-state index contributed by atoms with van der Waals surface area (Å²) in [5, 5.41) is 3.41. The molecule has 39 heavy (non-hydrogen) atoms. The fraction of sp³-hybridized carbons (Fsp3) is 0.486. The molecule has 2 bridgehead atoms. The molecule has 1 saturated carbocycles. The number of allylic oxidation sites excluding steroid dienone is 3. The molecule has 2 atom stereocenters. The molecule has 4 heteroatoms. The van der Waals surface area contributed by atoms with Gasteiger partial charge in [-0.1, -0.05) is 80.6 Å². The molecule has 2 fully saturated rings. The Morgan fingerprint density at radius 1 is 0.923 bits per heavy atom. The molecule has 2 aromatic carbocycles. The van der Waals surface area contributed by atoms with E-state index >= 15 is 0 Å². The van der Waals surface area contributed by atoms with Crippen molar-refractivity contribution in [1.82, 2.24) is 10.2 Å². The van der Waals surface area contributed by atoms with E-state index in [0.717, 1.165) is 68.4 Å². The zero-order valence-corrected chi connectivity index (χ0v) is 23.9. The number of benzene rings is 2. The van der Waals surface area contributed by atoms with Gasteiger partial charge >= 0.3 is 0 Å². The van der Waals surface area contributed by atoms with Gasteiger partial charge in [0.2, 0.25) is 5.91 Å². The van der Waals surface area contributed by atoms with Crippen LogP contribution in [-0.4, -0.2) is 28.3 Å². The van der Waals surface area contributed by atoms with Crippen molar-refractivity contribution in [2.75, 3.05) is 0 Å². The van der Waals surface area contributed by atoms with E-state index in [4.69, 9.17) is 0 Å². The molecule has 0 spiro atoms. The molecular formula is C35H44N2O2. The Morgan fingerprint density at radius 2 is 1.62 bits per heavy atom. The second-order valence-corrected chi connectivity index (χ2v) is 12.2.